The molecule has 0 radical (unpaired) electrons. The molecule has 0 bridgehead atoms. The van der Waals surface area contributed by atoms with Gasteiger partial charge in [0.2, 0.25) is 0 Å². The number of hydrogen-bond acceptors (Lipinski definition) is 3. The van der Waals surface area contributed by atoms with E-state index >= 15 is 0 Å². The molecule has 3 heterocycles. The van der Waals surface area contributed by atoms with Gasteiger partial charge in [0.15, 0.2) is 0 Å². The summed E-state index contributed by atoms with van der Waals surface area (Å²) in [7, 11) is 0. The van der Waals surface area contributed by atoms with E-state index in [1.165, 1.54) is 0 Å². The first-order valence-electron chi connectivity index (χ1n) is 8.32. The Morgan fingerprint density at radius 1 is 0.654 bits per heavy atom. The number of benzene rings is 1. The van der Waals surface area contributed by atoms with Crippen molar-refractivity contribution in [1.29, 1.82) is 0 Å². The highest BCUT2D eigenvalue weighted by atomic mass is 79.9. The van der Waals surface area contributed by atoms with Gasteiger partial charge in [0, 0.05) is 16.4 Å². The Bertz CT molecular complexity index is 1040. The predicted molar refractivity (Wildman–Crippen MR) is 109 cm³/mol. The van der Waals surface area contributed by atoms with Crippen LogP contribution in [0.15, 0.2) is 83.5 Å². The molecule has 4 aromatic rings. The van der Waals surface area contributed by atoms with Crippen molar-refractivity contribution in [1.82, 2.24) is 15.0 Å². The normalized spacial score (nSPS) is 10.7. The number of pyridine rings is 3. The van der Waals surface area contributed by atoms with Gasteiger partial charge in [-0.15, -0.1) is 0 Å². The third-order valence-electron chi connectivity index (χ3n) is 4.08. The number of hydrogen-bond donors (Lipinski definition) is 0. The zero-order valence-electron chi connectivity index (χ0n) is 14.2. The molecule has 0 aliphatic heterocycles. The second-order valence-corrected chi connectivity index (χ2v) is 6.93. The average Bonchev–Trinajstić information content (AvgIpc) is 2.69. The first-order valence-corrected chi connectivity index (χ1v) is 9.12. The lowest BCUT2D eigenvalue weighted by Gasteiger charge is -2.10. The maximum Gasteiger partial charge on any atom is 0.0900 e. The van der Waals surface area contributed by atoms with Crippen molar-refractivity contribution < 1.29 is 0 Å². The summed E-state index contributed by atoms with van der Waals surface area (Å²) in [5.74, 6) is 0. The fourth-order valence-electron chi connectivity index (χ4n) is 2.80. The number of aromatic nitrogens is 3. The van der Waals surface area contributed by atoms with E-state index in [2.05, 4.69) is 50.2 Å². The highest BCUT2D eigenvalue weighted by Crippen LogP contribution is 2.29. The van der Waals surface area contributed by atoms with Crippen LogP contribution in [-0.2, 0) is 0 Å². The molecule has 0 N–H and O–H groups in total. The molecule has 126 valence electrons. The van der Waals surface area contributed by atoms with Crippen molar-refractivity contribution >= 4 is 15.9 Å². The van der Waals surface area contributed by atoms with E-state index in [9.17, 15) is 0 Å². The minimum absolute atomic E-state index is 0.837. The Hall–Kier alpha value is -2.85. The van der Waals surface area contributed by atoms with Gasteiger partial charge in [0.05, 0.1) is 22.8 Å². The third kappa shape index (κ3) is 3.55. The monoisotopic (exact) mass is 401 g/mol. The molecule has 26 heavy (non-hydrogen) atoms. The van der Waals surface area contributed by atoms with Crippen LogP contribution in [0.3, 0.4) is 0 Å². The average molecular weight is 402 g/mol. The molecule has 0 saturated heterocycles. The summed E-state index contributed by atoms with van der Waals surface area (Å²) in [6.07, 6.45) is 1.79. The summed E-state index contributed by atoms with van der Waals surface area (Å²) in [6.45, 7) is 1.99. The van der Waals surface area contributed by atoms with Crippen LogP contribution >= 0.6 is 15.9 Å². The van der Waals surface area contributed by atoms with Gasteiger partial charge in [-0.25, -0.2) is 4.98 Å². The van der Waals surface area contributed by atoms with E-state index < -0.39 is 0 Å². The molecule has 0 spiro atoms. The Morgan fingerprint density at radius 2 is 1.38 bits per heavy atom. The van der Waals surface area contributed by atoms with Gasteiger partial charge < -0.3 is 0 Å². The number of aryl methyl sites for hydroxylation is 1. The fraction of sp³-hybridized carbons (Fsp3) is 0.0455. The fourth-order valence-corrected chi connectivity index (χ4v) is 3.07. The van der Waals surface area contributed by atoms with Gasteiger partial charge in [-0.1, -0.05) is 40.2 Å². The first kappa shape index (κ1) is 16.6. The highest BCUT2D eigenvalue weighted by Gasteiger charge is 2.10. The van der Waals surface area contributed by atoms with Crippen molar-refractivity contribution in [3.05, 3.63) is 89.2 Å². The molecule has 0 amide bonds. The van der Waals surface area contributed by atoms with Crippen LogP contribution in [0.5, 0.6) is 0 Å². The van der Waals surface area contributed by atoms with Gasteiger partial charge >= 0.3 is 0 Å². The maximum atomic E-state index is 4.82. The molecule has 0 atom stereocenters. The lowest BCUT2D eigenvalue weighted by molar-refractivity contribution is 1.17. The SMILES string of the molecule is Cc1cccc(-c2cc(-c3ccc(Br)cc3)cc(-c3ccccn3)n2)n1. The van der Waals surface area contributed by atoms with E-state index in [0.717, 1.165) is 44.1 Å². The van der Waals surface area contributed by atoms with E-state index in [0.29, 0.717) is 0 Å². The highest BCUT2D eigenvalue weighted by molar-refractivity contribution is 9.10. The molecular formula is C22H16BrN3. The van der Waals surface area contributed by atoms with Crippen molar-refractivity contribution in [2.75, 3.05) is 0 Å². The lowest BCUT2D eigenvalue weighted by atomic mass is 10.0. The van der Waals surface area contributed by atoms with Crippen molar-refractivity contribution in [3.8, 4) is 33.9 Å². The smallest absolute Gasteiger partial charge is 0.0900 e. The topological polar surface area (TPSA) is 38.7 Å². The summed E-state index contributed by atoms with van der Waals surface area (Å²) in [5, 5.41) is 0. The summed E-state index contributed by atoms with van der Waals surface area (Å²) in [6, 6.07) is 24.3. The molecule has 3 aromatic heterocycles. The third-order valence-corrected chi connectivity index (χ3v) is 4.61. The molecule has 4 rings (SSSR count). The van der Waals surface area contributed by atoms with Crippen molar-refractivity contribution in [3.63, 3.8) is 0 Å². The second-order valence-electron chi connectivity index (χ2n) is 6.01. The largest absolute Gasteiger partial charge is 0.255 e. The molecule has 0 fully saturated rings. The van der Waals surface area contributed by atoms with Crippen LogP contribution in [0.4, 0.5) is 0 Å². The Balaban J connectivity index is 1.91. The van der Waals surface area contributed by atoms with Crippen LogP contribution in [0.1, 0.15) is 5.69 Å². The van der Waals surface area contributed by atoms with Crippen LogP contribution in [0.25, 0.3) is 33.9 Å². The zero-order valence-corrected chi connectivity index (χ0v) is 15.8. The summed E-state index contributed by atoms with van der Waals surface area (Å²) in [4.78, 5) is 13.9. The molecule has 0 unspecified atom stereocenters. The van der Waals surface area contributed by atoms with Crippen molar-refractivity contribution in [2.24, 2.45) is 0 Å². The predicted octanol–water partition coefficient (Wildman–Crippen LogP) is 5.94. The number of nitrogens with zero attached hydrogens (tertiary/aromatic N) is 3. The van der Waals surface area contributed by atoms with E-state index in [1.807, 2.05) is 55.5 Å². The second kappa shape index (κ2) is 7.18. The molecular weight excluding hydrogens is 386 g/mol. The minimum atomic E-state index is 0.837. The standard InChI is InChI=1S/C22H16BrN3/c1-15-5-4-7-20(25-15)22-14-17(16-8-10-18(23)11-9-16)13-21(26-22)19-6-2-3-12-24-19/h2-14H,1H3. The van der Waals surface area contributed by atoms with E-state index in [1.54, 1.807) is 6.20 Å². The van der Waals surface area contributed by atoms with Gasteiger partial charge in [0.25, 0.3) is 0 Å². The summed E-state index contributed by atoms with van der Waals surface area (Å²) in [5.41, 5.74) is 6.58. The molecule has 4 heteroatoms. The quantitative estimate of drug-likeness (QED) is 0.426. The van der Waals surface area contributed by atoms with Crippen LogP contribution in [0, 0.1) is 6.92 Å². The van der Waals surface area contributed by atoms with Gasteiger partial charge in [0.1, 0.15) is 0 Å². The minimum Gasteiger partial charge on any atom is -0.255 e. The van der Waals surface area contributed by atoms with Crippen LogP contribution in [-0.4, -0.2) is 15.0 Å². The summed E-state index contributed by atoms with van der Waals surface area (Å²) < 4.78 is 1.06. The Morgan fingerprint density at radius 3 is 2.08 bits per heavy atom. The van der Waals surface area contributed by atoms with Gasteiger partial charge in [-0.3, -0.25) is 9.97 Å². The Labute approximate surface area is 160 Å². The van der Waals surface area contributed by atoms with Crippen molar-refractivity contribution in [2.45, 2.75) is 6.92 Å². The van der Waals surface area contributed by atoms with E-state index in [-0.39, 0.29) is 0 Å². The molecule has 0 saturated carbocycles. The first-order chi connectivity index (χ1) is 12.7. The number of rotatable bonds is 3. The maximum absolute atomic E-state index is 4.82. The van der Waals surface area contributed by atoms with Crippen LogP contribution in [0.2, 0.25) is 0 Å². The molecule has 3 nitrogen and oxygen atoms in total. The van der Waals surface area contributed by atoms with Gasteiger partial charge in [-0.05, 0) is 66.6 Å². The lowest BCUT2D eigenvalue weighted by Crippen LogP contribution is -1.94. The number of halogens is 1. The molecule has 1 aromatic carbocycles. The molecule has 0 aliphatic carbocycles. The van der Waals surface area contributed by atoms with E-state index in [4.69, 9.17) is 4.98 Å². The summed E-state index contributed by atoms with van der Waals surface area (Å²) >= 11 is 3.50. The zero-order chi connectivity index (χ0) is 17.9. The van der Waals surface area contributed by atoms with Crippen LogP contribution < -0.4 is 0 Å². The molecule has 0 aliphatic rings. The van der Waals surface area contributed by atoms with Gasteiger partial charge in [-0.2, -0.15) is 0 Å². The Kier molecular flexibility index (Phi) is 4.59.